The quantitative estimate of drug-likeness (QED) is 0.381. The summed E-state index contributed by atoms with van der Waals surface area (Å²) in [4.78, 5) is 38.2. The number of carbonyl (C=O) groups excluding carboxylic acids is 2. The lowest BCUT2D eigenvalue weighted by atomic mass is 9.97. The van der Waals surface area contributed by atoms with Gasteiger partial charge >= 0.3 is 5.63 Å². The molecule has 6 rings (SSSR count). The minimum absolute atomic E-state index is 0.0440. The maximum atomic E-state index is 13.1. The first kappa shape index (κ1) is 20.6. The maximum Gasteiger partial charge on any atom is 0.347 e. The summed E-state index contributed by atoms with van der Waals surface area (Å²) >= 11 is 0. The van der Waals surface area contributed by atoms with E-state index in [4.69, 9.17) is 9.15 Å². The van der Waals surface area contributed by atoms with Gasteiger partial charge in [0.15, 0.2) is 5.78 Å². The average molecular weight is 444 g/mol. The summed E-state index contributed by atoms with van der Waals surface area (Å²) in [5.41, 5.74) is 1.06. The number of ether oxygens (including phenoxy) is 1. The number of carbonyl (C=O) groups is 2. The first-order valence-electron chi connectivity index (χ1n) is 10.5. The number of amides is 1. The van der Waals surface area contributed by atoms with Crippen LogP contribution in [0.1, 0.15) is 40.5 Å². The van der Waals surface area contributed by atoms with E-state index >= 15 is 0 Å². The number of hydrogen-bond donors (Lipinski definition) is 1. The van der Waals surface area contributed by atoms with Gasteiger partial charge in [-0.25, -0.2) is 4.79 Å². The van der Waals surface area contributed by atoms with Gasteiger partial charge in [-0.2, -0.15) is 0 Å². The van der Waals surface area contributed by atoms with Crippen molar-refractivity contribution >= 4 is 22.7 Å². The SMILES string of the molecule is O=C1CCn2cc(nn2)COc2ccc(cc2)C(CC(=O)c2cc3ccccc3oc2=O)N1. The molecule has 0 saturated carbocycles. The van der Waals surface area contributed by atoms with Crippen LogP contribution in [0.2, 0.25) is 0 Å². The Hall–Kier alpha value is -4.27. The molecule has 2 aliphatic rings. The second-order valence-electron chi connectivity index (χ2n) is 7.81. The Morgan fingerprint density at radius 3 is 2.79 bits per heavy atom. The van der Waals surface area contributed by atoms with Crippen molar-refractivity contribution in [3.8, 4) is 5.75 Å². The summed E-state index contributed by atoms with van der Waals surface area (Å²) in [6.07, 6.45) is 1.79. The van der Waals surface area contributed by atoms with Crippen LogP contribution in [0.3, 0.4) is 0 Å². The fraction of sp³-hybridized carbons (Fsp3) is 0.208. The van der Waals surface area contributed by atoms with Crippen LogP contribution >= 0.6 is 0 Å². The van der Waals surface area contributed by atoms with E-state index in [1.807, 2.05) is 0 Å². The molecule has 1 N–H and O–H groups in total. The molecule has 4 bridgehead atoms. The number of ketones is 1. The summed E-state index contributed by atoms with van der Waals surface area (Å²) in [5, 5.41) is 11.6. The van der Waals surface area contributed by atoms with E-state index in [2.05, 4.69) is 15.6 Å². The fourth-order valence-electron chi connectivity index (χ4n) is 3.75. The summed E-state index contributed by atoms with van der Waals surface area (Å²) < 4.78 is 12.6. The van der Waals surface area contributed by atoms with Gasteiger partial charge in [-0.3, -0.25) is 14.3 Å². The average Bonchev–Trinajstić information content (AvgIpc) is 3.28. The zero-order valence-corrected chi connectivity index (χ0v) is 17.6. The number of aromatic nitrogens is 3. The zero-order valence-electron chi connectivity index (χ0n) is 17.6. The molecule has 166 valence electrons. The van der Waals surface area contributed by atoms with Gasteiger partial charge in [0.25, 0.3) is 0 Å². The molecule has 33 heavy (non-hydrogen) atoms. The van der Waals surface area contributed by atoms with Gasteiger partial charge in [0.2, 0.25) is 5.91 Å². The van der Waals surface area contributed by atoms with Crippen molar-refractivity contribution < 1.29 is 18.7 Å². The van der Waals surface area contributed by atoms with Crippen LogP contribution in [0.15, 0.2) is 70.0 Å². The number of rotatable bonds is 3. The van der Waals surface area contributed by atoms with Crippen molar-refractivity contribution in [1.29, 1.82) is 0 Å². The normalized spacial score (nSPS) is 16.1. The standard InChI is InChI=1S/C24H20N4O5/c29-21(19-11-16-3-1-2-4-22(16)33-24(19)31)12-20-15-5-7-18(8-6-15)32-14-17-13-28(27-26-17)10-9-23(30)25-20/h1-8,11,13,20H,9-10,12,14H2,(H,25,30). The Balaban J connectivity index is 1.43. The van der Waals surface area contributed by atoms with Crippen LogP contribution in [0.25, 0.3) is 11.0 Å². The third kappa shape index (κ3) is 4.52. The third-order valence-corrected chi connectivity index (χ3v) is 5.49. The molecule has 1 atom stereocenters. The summed E-state index contributed by atoms with van der Waals surface area (Å²) in [6, 6.07) is 15.0. The molecule has 0 saturated heterocycles. The third-order valence-electron chi connectivity index (χ3n) is 5.49. The number of benzene rings is 2. The van der Waals surface area contributed by atoms with Crippen LogP contribution in [0, 0.1) is 0 Å². The minimum atomic E-state index is -0.698. The van der Waals surface area contributed by atoms with Crippen molar-refractivity contribution in [3.63, 3.8) is 0 Å². The van der Waals surface area contributed by atoms with Crippen molar-refractivity contribution in [2.24, 2.45) is 0 Å². The van der Waals surface area contributed by atoms with Crippen LogP contribution < -0.4 is 15.7 Å². The van der Waals surface area contributed by atoms with Crippen molar-refractivity contribution in [2.75, 3.05) is 0 Å². The molecule has 2 aromatic carbocycles. The molecule has 1 amide bonds. The Morgan fingerprint density at radius 1 is 1.12 bits per heavy atom. The molecule has 2 aliphatic heterocycles. The van der Waals surface area contributed by atoms with Gasteiger partial charge < -0.3 is 14.5 Å². The molecule has 0 radical (unpaired) electrons. The number of Topliss-reactive ketones (excluding diaryl/α,β-unsaturated/α-hetero) is 1. The number of nitrogens with zero attached hydrogens (tertiary/aromatic N) is 3. The Kier molecular flexibility index (Phi) is 5.43. The Morgan fingerprint density at radius 2 is 1.94 bits per heavy atom. The molecule has 9 nitrogen and oxygen atoms in total. The summed E-state index contributed by atoms with van der Waals surface area (Å²) in [7, 11) is 0. The Bertz CT molecular complexity index is 1390. The highest BCUT2D eigenvalue weighted by Gasteiger charge is 2.23. The van der Waals surface area contributed by atoms with Crippen LogP contribution in [-0.4, -0.2) is 26.7 Å². The monoisotopic (exact) mass is 444 g/mol. The van der Waals surface area contributed by atoms with E-state index in [9.17, 15) is 14.4 Å². The molecular formula is C24H20N4O5. The first-order chi connectivity index (χ1) is 16.0. The molecule has 4 aromatic rings. The van der Waals surface area contributed by atoms with Gasteiger partial charge in [0, 0.05) is 18.2 Å². The second kappa shape index (κ2) is 8.70. The molecular weight excluding hydrogens is 424 g/mol. The highest BCUT2D eigenvalue weighted by atomic mass is 16.5. The predicted molar refractivity (Wildman–Crippen MR) is 118 cm³/mol. The molecule has 9 heteroatoms. The molecule has 0 fully saturated rings. The van der Waals surface area contributed by atoms with Crippen LogP contribution in [-0.2, 0) is 17.9 Å². The van der Waals surface area contributed by atoms with Gasteiger partial charge in [-0.1, -0.05) is 35.5 Å². The van der Waals surface area contributed by atoms with Gasteiger partial charge in [0.05, 0.1) is 18.8 Å². The number of aryl methyl sites for hydroxylation is 1. The summed E-state index contributed by atoms with van der Waals surface area (Å²) in [6.45, 7) is 0.594. The number of para-hydroxylation sites is 1. The van der Waals surface area contributed by atoms with Crippen molar-refractivity contribution in [2.45, 2.75) is 32.0 Å². The van der Waals surface area contributed by atoms with Crippen LogP contribution in [0.4, 0.5) is 0 Å². The van der Waals surface area contributed by atoms with Gasteiger partial charge in [0.1, 0.15) is 29.2 Å². The van der Waals surface area contributed by atoms with E-state index in [0.717, 1.165) is 5.56 Å². The molecule has 4 heterocycles. The lowest BCUT2D eigenvalue weighted by Gasteiger charge is -2.19. The smallest absolute Gasteiger partial charge is 0.347 e. The van der Waals surface area contributed by atoms with Gasteiger partial charge in [-0.15, -0.1) is 5.10 Å². The number of hydrogen-bond acceptors (Lipinski definition) is 7. The van der Waals surface area contributed by atoms with E-state index in [-0.39, 0.29) is 30.9 Å². The Labute approximate surface area is 188 Å². The van der Waals surface area contributed by atoms with E-state index in [1.165, 1.54) is 6.07 Å². The molecule has 2 aromatic heterocycles. The highest BCUT2D eigenvalue weighted by molar-refractivity contribution is 5.98. The lowest BCUT2D eigenvalue weighted by Crippen LogP contribution is -2.31. The van der Waals surface area contributed by atoms with Crippen molar-refractivity contribution in [3.05, 3.63) is 88.0 Å². The van der Waals surface area contributed by atoms with Gasteiger partial charge in [-0.05, 0) is 29.8 Å². The fourth-order valence-corrected chi connectivity index (χ4v) is 3.75. The largest absolute Gasteiger partial charge is 0.487 e. The van der Waals surface area contributed by atoms with E-state index < -0.39 is 17.5 Å². The van der Waals surface area contributed by atoms with Crippen LogP contribution in [0.5, 0.6) is 5.75 Å². The molecule has 1 unspecified atom stereocenters. The lowest BCUT2D eigenvalue weighted by molar-refractivity contribution is -0.122. The first-order valence-corrected chi connectivity index (χ1v) is 10.5. The topological polar surface area (TPSA) is 116 Å². The molecule has 0 spiro atoms. The van der Waals surface area contributed by atoms with Crippen molar-refractivity contribution in [1.82, 2.24) is 20.3 Å². The predicted octanol–water partition coefficient (Wildman–Crippen LogP) is 2.80. The van der Waals surface area contributed by atoms with E-state index in [0.29, 0.717) is 29.0 Å². The molecule has 0 aliphatic carbocycles. The van der Waals surface area contributed by atoms with E-state index in [1.54, 1.807) is 59.4 Å². The minimum Gasteiger partial charge on any atom is -0.487 e. The maximum absolute atomic E-state index is 13.1. The highest BCUT2D eigenvalue weighted by Crippen LogP contribution is 2.24. The second-order valence-corrected chi connectivity index (χ2v) is 7.81. The number of fused-ring (bicyclic) bond motifs is 8. The number of nitrogens with one attached hydrogen (secondary N) is 1. The summed E-state index contributed by atoms with van der Waals surface area (Å²) in [5.74, 6) is -0.0353. The zero-order chi connectivity index (χ0) is 22.8.